The lowest BCUT2D eigenvalue weighted by atomic mass is 10.1. The number of carbonyl (C=O) groups is 2. The van der Waals surface area contributed by atoms with Gasteiger partial charge in [-0.05, 0) is 54.8 Å². The molecule has 1 saturated carbocycles. The van der Waals surface area contributed by atoms with Crippen LogP contribution >= 0.6 is 0 Å². The molecule has 0 aromatic heterocycles. The quantitative estimate of drug-likeness (QED) is 0.891. The molecule has 2 aromatic carbocycles. The summed E-state index contributed by atoms with van der Waals surface area (Å²) in [6, 6.07) is 12.6. The Morgan fingerprint density at radius 3 is 2.26 bits per heavy atom. The molecule has 0 spiro atoms. The number of carbonyl (C=O) groups excluding carboxylic acids is 2. The normalized spacial score (nSPS) is 13.4. The topological polar surface area (TPSA) is 58.2 Å². The number of amides is 2. The molecule has 1 aliphatic carbocycles. The Morgan fingerprint density at radius 1 is 1.00 bits per heavy atom. The molecule has 0 radical (unpaired) electrons. The summed E-state index contributed by atoms with van der Waals surface area (Å²) < 4.78 is 12.8. The van der Waals surface area contributed by atoms with E-state index in [2.05, 4.69) is 10.6 Å². The van der Waals surface area contributed by atoms with Crippen LogP contribution in [-0.2, 0) is 11.3 Å². The molecule has 0 atom stereocenters. The highest BCUT2D eigenvalue weighted by molar-refractivity contribution is 6.04. The summed E-state index contributed by atoms with van der Waals surface area (Å²) in [6.07, 6.45) is 1.96. The molecule has 2 aromatic rings. The van der Waals surface area contributed by atoms with Crippen molar-refractivity contribution in [1.82, 2.24) is 5.32 Å². The fourth-order valence-corrected chi connectivity index (χ4v) is 2.19. The molecule has 0 unspecified atom stereocenters. The van der Waals surface area contributed by atoms with Crippen LogP contribution in [0.5, 0.6) is 0 Å². The molecule has 5 heteroatoms. The van der Waals surface area contributed by atoms with Gasteiger partial charge in [-0.25, -0.2) is 4.39 Å². The Morgan fingerprint density at radius 2 is 1.65 bits per heavy atom. The maximum atomic E-state index is 12.8. The highest BCUT2D eigenvalue weighted by atomic mass is 19.1. The summed E-state index contributed by atoms with van der Waals surface area (Å²) >= 11 is 0. The molecule has 0 bridgehead atoms. The molecular formula is C18H17FN2O2. The first-order valence-electron chi connectivity index (χ1n) is 7.55. The van der Waals surface area contributed by atoms with E-state index in [0.717, 1.165) is 18.4 Å². The number of benzene rings is 2. The van der Waals surface area contributed by atoms with E-state index >= 15 is 0 Å². The van der Waals surface area contributed by atoms with E-state index in [1.54, 1.807) is 12.1 Å². The van der Waals surface area contributed by atoms with Crippen molar-refractivity contribution >= 4 is 17.5 Å². The molecule has 1 aliphatic rings. The first-order valence-corrected chi connectivity index (χ1v) is 7.55. The summed E-state index contributed by atoms with van der Waals surface area (Å²) in [5.41, 5.74) is 1.99. The maximum absolute atomic E-state index is 12.8. The molecule has 3 rings (SSSR count). The van der Waals surface area contributed by atoms with E-state index < -0.39 is 0 Å². The molecule has 2 amide bonds. The maximum Gasteiger partial charge on any atom is 0.255 e. The first kappa shape index (κ1) is 15.2. The van der Waals surface area contributed by atoms with Crippen LogP contribution in [0.4, 0.5) is 10.1 Å². The number of hydrogen-bond acceptors (Lipinski definition) is 2. The minimum Gasteiger partial charge on any atom is -0.352 e. The smallest absolute Gasteiger partial charge is 0.255 e. The molecule has 0 heterocycles. The second kappa shape index (κ2) is 6.60. The summed E-state index contributed by atoms with van der Waals surface area (Å²) in [5, 5.41) is 5.58. The van der Waals surface area contributed by atoms with Gasteiger partial charge in [-0.3, -0.25) is 9.59 Å². The van der Waals surface area contributed by atoms with Gasteiger partial charge in [0.05, 0.1) is 0 Å². The number of rotatable bonds is 5. The van der Waals surface area contributed by atoms with Gasteiger partial charge >= 0.3 is 0 Å². The third-order valence-corrected chi connectivity index (χ3v) is 3.73. The summed E-state index contributed by atoms with van der Waals surface area (Å²) in [7, 11) is 0. The molecular weight excluding hydrogens is 295 g/mol. The van der Waals surface area contributed by atoms with Crippen LogP contribution < -0.4 is 10.6 Å². The Labute approximate surface area is 133 Å². The van der Waals surface area contributed by atoms with Crippen molar-refractivity contribution in [3.05, 3.63) is 65.5 Å². The van der Waals surface area contributed by atoms with Gasteiger partial charge in [0.2, 0.25) is 5.91 Å². The summed E-state index contributed by atoms with van der Waals surface area (Å²) in [4.78, 5) is 23.7. The van der Waals surface area contributed by atoms with Gasteiger partial charge in [-0.15, -0.1) is 0 Å². The summed E-state index contributed by atoms with van der Waals surface area (Å²) in [5.74, 6) is -0.315. The minimum atomic E-state index is -0.347. The van der Waals surface area contributed by atoms with Gasteiger partial charge in [0.15, 0.2) is 0 Å². The van der Waals surface area contributed by atoms with Crippen molar-refractivity contribution in [3.8, 4) is 0 Å². The van der Waals surface area contributed by atoms with Crippen LogP contribution in [0.2, 0.25) is 0 Å². The van der Waals surface area contributed by atoms with Gasteiger partial charge in [-0.1, -0.05) is 12.1 Å². The lowest BCUT2D eigenvalue weighted by Gasteiger charge is -2.07. The van der Waals surface area contributed by atoms with Crippen molar-refractivity contribution in [2.75, 3.05) is 5.32 Å². The molecule has 0 saturated heterocycles. The van der Waals surface area contributed by atoms with Gasteiger partial charge < -0.3 is 10.6 Å². The average molecular weight is 312 g/mol. The molecule has 1 fully saturated rings. The Kier molecular flexibility index (Phi) is 4.37. The Hall–Kier alpha value is -2.69. The van der Waals surface area contributed by atoms with Crippen molar-refractivity contribution in [1.29, 1.82) is 0 Å². The molecule has 23 heavy (non-hydrogen) atoms. The van der Waals surface area contributed by atoms with Gasteiger partial charge in [-0.2, -0.15) is 0 Å². The zero-order valence-electron chi connectivity index (χ0n) is 12.5. The molecule has 4 nitrogen and oxygen atoms in total. The van der Waals surface area contributed by atoms with Crippen molar-refractivity contribution in [2.45, 2.75) is 19.4 Å². The van der Waals surface area contributed by atoms with E-state index in [1.807, 2.05) is 12.1 Å². The average Bonchev–Trinajstić information content (AvgIpc) is 3.40. The third-order valence-electron chi connectivity index (χ3n) is 3.73. The fraction of sp³-hybridized carbons (Fsp3) is 0.222. The highest BCUT2D eigenvalue weighted by Crippen LogP contribution is 2.28. The Bertz CT molecular complexity index is 707. The van der Waals surface area contributed by atoms with Crippen LogP contribution in [0.1, 0.15) is 28.8 Å². The lowest BCUT2D eigenvalue weighted by Crippen LogP contribution is -2.24. The molecule has 0 aliphatic heterocycles. The molecule has 118 valence electrons. The van der Waals surface area contributed by atoms with Gasteiger partial charge in [0.1, 0.15) is 5.82 Å². The second-order valence-corrected chi connectivity index (χ2v) is 5.65. The van der Waals surface area contributed by atoms with Crippen LogP contribution in [-0.4, -0.2) is 11.8 Å². The van der Waals surface area contributed by atoms with E-state index in [9.17, 15) is 14.0 Å². The Balaban J connectivity index is 1.56. The zero-order chi connectivity index (χ0) is 16.2. The SMILES string of the molecule is O=C(Nc1ccc(F)cc1)c1ccc(CNC(=O)C2CC2)cc1. The first-order chi connectivity index (χ1) is 11.1. The van der Waals surface area contributed by atoms with E-state index in [1.165, 1.54) is 24.3 Å². The highest BCUT2D eigenvalue weighted by Gasteiger charge is 2.29. The van der Waals surface area contributed by atoms with Crippen LogP contribution in [0, 0.1) is 11.7 Å². The summed E-state index contributed by atoms with van der Waals surface area (Å²) in [6.45, 7) is 0.467. The minimum absolute atomic E-state index is 0.100. The van der Waals surface area contributed by atoms with Crippen molar-refractivity contribution in [2.24, 2.45) is 5.92 Å². The number of nitrogens with one attached hydrogen (secondary N) is 2. The van der Waals surface area contributed by atoms with Crippen molar-refractivity contribution in [3.63, 3.8) is 0 Å². The third kappa shape index (κ3) is 4.16. The van der Waals surface area contributed by atoms with E-state index in [-0.39, 0.29) is 23.5 Å². The van der Waals surface area contributed by atoms with Crippen LogP contribution in [0.3, 0.4) is 0 Å². The van der Waals surface area contributed by atoms with Crippen LogP contribution in [0.15, 0.2) is 48.5 Å². The monoisotopic (exact) mass is 312 g/mol. The predicted octanol–water partition coefficient (Wildman–Crippen LogP) is 3.10. The number of hydrogen-bond donors (Lipinski definition) is 2. The van der Waals surface area contributed by atoms with Gasteiger partial charge in [0.25, 0.3) is 5.91 Å². The van der Waals surface area contributed by atoms with E-state index in [0.29, 0.717) is 17.8 Å². The second-order valence-electron chi connectivity index (χ2n) is 5.65. The fourth-order valence-electron chi connectivity index (χ4n) is 2.19. The van der Waals surface area contributed by atoms with Crippen LogP contribution in [0.25, 0.3) is 0 Å². The standard InChI is InChI=1S/C18H17FN2O2/c19-15-7-9-16(10-8-15)21-18(23)14-3-1-12(2-4-14)11-20-17(22)13-5-6-13/h1-4,7-10,13H,5-6,11H2,(H,20,22)(H,21,23). The zero-order valence-corrected chi connectivity index (χ0v) is 12.5. The number of anilines is 1. The largest absolute Gasteiger partial charge is 0.352 e. The predicted molar refractivity (Wildman–Crippen MR) is 85.4 cm³/mol. The van der Waals surface area contributed by atoms with Gasteiger partial charge in [0, 0.05) is 23.7 Å². The molecule has 2 N–H and O–H groups in total. The van der Waals surface area contributed by atoms with E-state index in [4.69, 9.17) is 0 Å². The lowest BCUT2D eigenvalue weighted by molar-refractivity contribution is -0.122. The van der Waals surface area contributed by atoms with Crippen molar-refractivity contribution < 1.29 is 14.0 Å². The number of halogens is 1.